The molecule has 3 aromatic rings. The van der Waals surface area contributed by atoms with Crippen LogP contribution in [0.1, 0.15) is 18.7 Å². The lowest BCUT2D eigenvalue weighted by Gasteiger charge is -2.27. The van der Waals surface area contributed by atoms with Crippen LogP contribution in [-0.4, -0.2) is 41.4 Å². The van der Waals surface area contributed by atoms with Crippen LogP contribution in [0.4, 0.5) is 11.5 Å². The molecule has 0 saturated carbocycles. The van der Waals surface area contributed by atoms with Gasteiger partial charge >= 0.3 is 0 Å². The van der Waals surface area contributed by atoms with Crippen LogP contribution < -0.4 is 15.5 Å². The highest BCUT2D eigenvalue weighted by Gasteiger charge is 2.17. The molecule has 1 aromatic carbocycles. The Bertz CT molecular complexity index is 1000. The van der Waals surface area contributed by atoms with E-state index in [1.807, 2.05) is 41.3 Å². The van der Waals surface area contributed by atoms with Crippen molar-refractivity contribution in [3.05, 3.63) is 60.7 Å². The molecule has 3 heterocycles. The van der Waals surface area contributed by atoms with Gasteiger partial charge in [-0.1, -0.05) is 30.3 Å². The molecule has 0 unspecified atom stereocenters. The summed E-state index contributed by atoms with van der Waals surface area (Å²) in [6.07, 6.45) is 4.91. The van der Waals surface area contributed by atoms with Crippen LogP contribution >= 0.6 is 0 Å². The molecule has 1 fully saturated rings. The van der Waals surface area contributed by atoms with Crippen molar-refractivity contribution in [1.82, 2.24) is 15.3 Å². The molecule has 0 bridgehead atoms. The number of nitrogens with zero attached hydrogens (tertiary/aromatic N) is 3. The van der Waals surface area contributed by atoms with Gasteiger partial charge in [-0.25, -0.2) is 9.97 Å². The highest BCUT2D eigenvalue weighted by atomic mass is 16.4. The summed E-state index contributed by atoms with van der Waals surface area (Å²) in [5, 5.41) is 5.63. The Hall–Kier alpha value is -3.68. The van der Waals surface area contributed by atoms with Crippen LogP contribution in [0.3, 0.4) is 0 Å². The summed E-state index contributed by atoms with van der Waals surface area (Å²) in [4.78, 5) is 34.2. The van der Waals surface area contributed by atoms with Crippen molar-refractivity contribution in [2.75, 3.05) is 29.9 Å². The monoisotopic (exact) mass is 405 g/mol. The first-order chi connectivity index (χ1) is 14.7. The minimum Gasteiger partial charge on any atom is -0.441 e. The maximum Gasteiger partial charge on any atom is 0.239 e. The van der Waals surface area contributed by atoms with Crippen LogP contribution in [0.5, 0.6) is 0 Å². The molecule has 2 aromatic heterocycles. The quantitative estimate of drug-likeness (QED) is 0.627. The van der Waals surface area contributed by atoms with Crippen molar-refractivity contribution in [2.45, 2.75) is 19.3 Å². The molecule has 0 atom stereocenters. The average Bonchev–Trinajstić information content (AvgIpc) is 3.24. The summed E-state index contributed by atoms with van der Waals surface area (Å²) in [6.45, 7) is 1.62. The number of benzene rings is 1. The number of carbonyl (C=O) groups is 2. The van der Waals surface area contributed by atoms with Crippen LogP contribution in [-0.2, 0) is 16.0 Å². The minimum atomic E-state index is -0.0864. The molecule has 1 saturated heterocycles. The molecule has 8 nitrogen and oxygen atoms in total. The second-order valence-corrected chi connectivity index (χ2v) is 7.06. The molecule has 0 aliphatic carbocycles. The minimum absolute atomic E-state index is 0.0117. The number of aryl methyl sites for hydroxylation is 1. The number of nitrogens with one attached hydrogen (secondary N) is 2. The van der Waals surface area contributed by atoms with Gasteiger partial charge in [0.15, 0.2) is 11.7 Å². The molecule has 8 heteroatoms. The van der Waals surface area contributed by atoms with E-state index in [0.717, 1.165) is 23.7 Å². The number of aromatic nitrogens is 2. The zero-order valence-corrected chi connectivity index (χ0v) is 16.5. The molecule has 154 valence electrons. The topological polar surface area (TPSA) is 100 Å². The largest absolute Gasteiger partial charge is 0.441 e. The van der Waals surface area contributed by atoms with E-state index in [9.17, 15) is 9.59 Å². The second-order valence-electron chi connectivity index (χ2n) is 7.06. The number of pyridine rings is 1. The average molecular weight is 405 g/mol. The molecular weight excluding hydrogens is 382 g/mol. The summed E-state index contributed by atoms with van der Waals surface area (Å²) in [5.74, 6) is 1.98. The lowest BCUT2D eigenvalue weighted by atomic mass is 10.2. The Kier molecular flexibility index (Phi) is 6.03. The van der Waals surface area contributed by atoms with Crippen LogP contribution in [0.2, 0.25) is 0 Å². The van der Waals surface area contributed by atoms with Gasteiger partial charge in [0.25, 0.3) is 0 Å². The van der Waals surface area contributed by atoms with Gasteiger partial charge in [-0.15, -0.1) is 0 Å². The number of anilines is 2. The van der Waals surface area contributed by atoms with Gasteiger partial charge in [0.2, 0.25) is 11.8 Å². The van der Waals surface area contributed by atoms with Crippen LogP contribution in [0, 0.1) is 0 Å². The fourth-order valence-electron chi connectivity index (χ4n) is 3.27. The smallest absolute Gasteiger partial charge is 0.239 e. The first kappa shape index (κ1) is 19.6. The highest BCUT2D eigenvalue weighted by Crippen LogP contribution is 2.20. The molecule has 0 radical (unpaired) electrons. The predicted molar refractivity (Wildman–Crippen MR) is 113 cm³/mol. The van der Waals surface area contributed by atoms with Crippen molar-refractivity contribution < 1.29 is 14.0 Å². The summed E-state index contributed by atoms with van der Waals surface area (Å²) in [6, 6.07) is 13.4. The van der Waals surface area contributed by atoms with E-state index in [1.54, 1.807) is 18.5 Å². The molecule has 30 heavy (non-hydrogen) atoms. The zero-order chi connectivity index (χ0) is 20.8. The van der Waals surface area contributed by atoms with Crippen molar-refractivity contribution in [1.29, 1.82) is 0 Å². The SMILES string of the molecule is O=C1CN(c2ccc(NC(=O)CCCc3ncc(-c4ccccc4)o3)cn2)CCN1. The predicted octanol–water partition coefficient (Wildman–Crippen LogP) is 2.63. The number of hydrogen-bond acceptors (Lipinski definition) is 6. The third kappa shape index (κ3) is 5.02. The van der Waals surface area contributed by atoms with Gasteiger partial charge < -0.3 is 20.0 Å². The standard InChI is InChI=1S/C22H23N5O3/c28-20(7-4-8-22-25-14-18(30-22)16-5-2-1-3-6-16)26-17-9-10-19(24-13-17)27-12-11-23-21(29)15-27/h1-3,5-6,9-10,13-14H,4,7-8,11-12,15H2,(H,23,29)(H,26,28). The van der Waals surface area contributed by atoms with Crippen molar-refractivity contribution in [3.63, 3.8) is 0 Å². The van der Waals surface area contributed by atoms with Crippen molar-refractivity contribution in [3.8, 4) is 11.3 Å². The number of piperazine rings is 1. The maximum absolute atomic E-state index is 12.2. The molecule has 1 aliphatic rings. The molecule has 2 N–H and O–H groups in total. The fraction of sp³-hybridized carbons (Fsp3) is 0.273. The molecule has 4 rings (SSSR count). The molecule has 0 spiro atoms. The van der Waals surface area contributed by atoms with E-state index in [4.69, 9.17) is 4.42 Å². The number of amides is 2. The van der Waals surface area contributed by atoms with E-state index < -0.39 is 0 Å². The Labute approximate surface area is 174 Å². The van der Waals surface area contributed by atoms with Gasteiger partial charge in [-0.05, 0) is 18.6 Å². The summed E-state index contributed by atoms with van der Waals surface area (Å²) < 4.78 is 5.76. The molecule has 2 amide bonds. The van der Waals surface area contributed by atoms with Gasteiger partial charge in [-0.2, -0.15) is 0 Å². The molecule has 1 aliphatic heterocycles. The normalized spacial score (nSPS) is 13.7. The Morgan fingerprint density at radius 1 is 1.13 bits per heavy atom. The Morgan fingerprint density at radius 3 is 2.77 bits per heavy atom. The lowest BCUT2D eigenvalue weighted by Crippen LogP contribution is -2.48. The van der Waals surface area contributed by atoms with E-state index in [1.165, 1.54) is 0 Å². The Morgan fingerprint density at radius 2 is 2.00 bits per heavy atom. The maximum atomic E-state index is 12.2. The van der Waals surface area contributed by atoms with E-state index in [-0.39, 0.29) is 11.8 Å². The van der Waals surface area contributed by atoms with Gasteiger partial charge in [0.1, 0.15) is 5.82 Å². The van der Waals surface area contributed by atoms with Crippen LogP contribution in [0.25, 0.3) is 11.3 Å². The molecular formula is C22H23N5O3. The number of hydrogen-bond donors (Lipinski definition) is 2. The van der Waals surface area contributed by atoms with Gasteiger partial charge in [0.05, 0.1) is 24.6 Å². The first-order valence-corrected chi connectivity index (χ1v) is 9.95. The third-order valence-electron chi connectivity index (χ3n) is 4.80. The summed E-state index contributed by atoms with van der Waals surface area (Å²) in [7, 11) is 0. The number of rotatable bonds is 7. The number of oxazole rings is 1. The number of carbonyl (C=O) groups excluding carboxylic acids is 2. The third-order valence-corrected chi connectivity index (χ3v) is 4.80. The van der Waals surface area contributed by atoms with Gasteiger partial charge in [0, 0.05) is 31.5 Å². The first-order valence-electron chi connectivity index (χ1n) is 9.95. The lowest BCUT2D eigenvalue weighted by molar-refractivity contribution is -0.120. The van der Waals surface area contributed by atoms with Crippen LogP contribution in [0.15, 0.2) is 59.3 Å². The van der Waals surface area contributed by atoms with E-state index in [2.05, 4.69) is 20.6 Å². The van der Waals surface area contributed by atoms with E-state index in [0.29, 0.717) is 43.9 Å². The van der Waals surface area contributed by atoms with E-state index >= 15 is 0 Å². The van der Waals surface area contributed by atoms with Crippen molar-refractivity contribution >= 4 is 23.3 Å². The Balaban J connectivity index is 1.23. The summed E-state index contributed by atoms with van der Waals surface area (Å²) >= 11 is 0. The zero-order valence-electron chi connectivity index (χ0n) is 16.5. The van der Waals surface area contributed by atoms with Gasteiger partial charge in [-0.3, -0.25) is 9.59 Å². The highest BCUT2D eigenvalue weighted by molar-refractivity contribution is 5.90. The van der Waals surface area contributed by atoms with Crippen molar-refractivity contribution in [2.24, 2.45) is 0 Å². The summed E-state index contributed by atoms with van der Waals surface area (Å²) in [5.41, 5.74) is 1.61. The fourth-order valence-corrected chi connectivity index (χ4v) is 3.27. The second kappa shape index (κ2) is 9.21.